The summed E-state index contributed by atoms with van der Waals surface area (Å²) in [5, 5.41) is 0. The lowest BCUT2D eigenvalue weighted by Gasteiger charge is -2.47. The van der Waals surface area contributed by atoms with Crippen molar-refractivity contribution in [2.45, 2.75) is 104 Å². The molecule has 0 aromatic heterocycles. The molecule has 0 amide bonds. The van der Waals surface area contributed by atoms with Gasteiger partial charge in [-0.3, -0.25) is 0 Å². The van der Waals surface area contributed by atoms with Crippen LogP contribution in [0.4, 0.5) is 0 Å². The molecule has 0 aromatic carbocycles. The molecule has 1 aliphatic rings. The molecule has 0 unspecified atom stereocenters. The largest absolute Gasteiger partial charge is 0.425 e. The highest BCUT2D eigenvalue weighted by Crippen LogP contribution is 2.36. The first-order valence-electron chi connectivity index (χ1n) is 12.4. The van der Waals surface area contributed by atoms with Gasteiger partial charge in [-0.25, -0.2) is 0 Å². The Morgan fingerprint density at radius 2 is 0.625 bits per heavy atom. The summed E-state index contributed by atoms with van der Waals surface area (Å²) in [5.74, 6) is 0. The zero-order chi connectivity index (χ0) is 24.1. The smallest absolute Gasteiger partial charge is 0.320 e. The first-order chi connectivity index (χ1) is 15.3. The van der Waals surface area contributed by atoms with Crippen LogP contribution in [0.25, 0.3) is 0 Å². The highest BCUT2D eigenvalue weighted by Gasteiger charge is 2.53. The normalized spacial score (nSPS) is 27.8. The lowest BCUT2D eigenvalue weighted by atomic mass is 10.9. The zero-order valence-electron chi connectivity index (χ0n) is 21.8. The lowest BCUT2D eigenvalue weighted by molar-refractivity contribution is 0.250. The molecule has 1 heterocycles. The highest BCUT2D eigenvalue weighted by atomic mass is 28.5. The van der Waals surface area contributed by atoms with Crippen LogP contribution in [0.5, 0.6) is 0 Å². The van der Waals surface area contributed by atoms with Gasteiger partial charge in [0.2, 0.25) is 0 Å². The Morgan fingerprint density at radius 3 is 0.906 bits per heavy atom. The molecule has 1 fully saturated rings. The molecule has 1 rings (SSSR count). The molecule has 0 aromatic rings. The van der Waals surface area contributed by atoms with Gasteiger partial charge in [0, 0.05) is 0 Å². The second-order valence-corrected chi connectivity index (χ2v) is 31.7. The van der Waals surface area contributed by atoms with Crippen LogP contribution in [0, 0.1) is 0 Å². The molecule has 16 heteroatoms. The van der Waals surface area contributed by atoms with E-state index in [-0.39, 0.29) is 0 Å². The fourth-order valence-electron chi connectivity index (χ4n) is 3.91. The van der Waals surface area contributed by atoms with Crippen molar-refractivity contribution in [3.05, 3.63) is 0 Å². The van der Waals surface area contributed by atoms with Gasteiger partial charge in [-0.05, 0) is 48.4 Å². The zero-order valence-corrected chi connectivity index (χ0v) is 31.4. The van der Waals surface area contributed by atoms with Crippen molar-refractivity contribution in [3.8, 4) is 0 Å². The van der Waals surface area contributed by atoms with Gasteiger partial charge in [0.25, 0.3) is 40.0 Å². The third-order valence-corrected chi connectivity index (χ3v) is 33.3. The van der Waals surface area contributed by atoms with Crippen molar-refractivity contribution >= 4 is 74.3 Å². The van der Waals surface area contributed by atoms with Gasteiger partial charge in [0.05, 0.1) is 0 Å². The highest BCUT2D eigenvalue weighted by molar-refractivity contribution is 6.90. The molecule has 1 aliphatic heterocycles. The van der Waals surface area contributed by atoms with E-state index in [2.05, 4.69) is 55.4 Å². The summed E-state index contributed by atoms with van der Waals surface area (Å²) in [6, 6.07) is 7.22. The number of rotatable bonds is 8. The minimum absolute atomic E-state index is 0.900. The predicted octanol–water partition coefficient (Wildman–Crippen LogP) is 2.06. The maximum Gasteiger partial charge on any atom is 0.320 e. The Morgan fingerprint density at radius 1 is 0.375 bits per heavy atom. The summed E-state index contributed by atoms with van der Waals surface area (Å²) in [6.45, 7) is 17.6. The second-order valence-electron chi connectivity index (χ2n) is 8.15. The van der Waals surface area contributed by atoms with Crippen LogP contribution >= 0.6 is 0 Å². The minimum atomic E-state index is -2.53. The summed E-state index contributed by atoms with van der Waals surface area (Å²) in [7, 11) is -14.2. The maximum absolute atomic E-state index is 7.23. The van der Waals surface area contributed by atoms with E-state index in [1.165, 1.54) is 0 Å². The summed E-state index contributed by atoms with van der Waals surface area (Å²) < 4.78 is 51.9. The molecule has 0 radical (unpaired) electrons. The number of hydrogen-bond donors (Lipinski definition) is 0. The Balaban J connectivity index is 3.39. The summed E-state index contributed by atoms with van der Waals surface area (Å²) in [4.78, 5) is 0. The van der Waals surface area contributed by atoms with Crippen LogP contribution in [0.1, 0.15) is 55.4 Å². The van der Waals surface area contributed by atoms with E-state index >= 15 is 0 Å². The van der Waals surface area contributed by atoms with Crippen molar-refractivity contribution < 1.29 is 32.9 Å². The first kappa shape index (κ1) is 31.4. The molecule has 0 aliphatic carbocycles. The van der Waals surface area contributed by atoms with Crippen LogP contribution in [-0.2, 0) is 32.9 Å². The van der Waals surface area contributed by atoms with Crippen LogP contribution in [0.2, 0.25) is 48.4 Å². The standard InChI is InChI=1S/C16H48O8Si8/c1-9-29(10-2)20-27-18-25-17-26-19-28-21-30(11-3,12-4)23-32(15-7,16-8)24-31(13-5,14-6)22-29/h9-16,25-28H2,1-8H3. The maximum atomic E-state index is 7.23. The lowest BCUT2D eigenvalue weighted by Crippen LogP contribution is -2.63. The Bertz CT molecular complexity index is 462. The van der Waals surface area contributed by atoms with E-state index in [0.29, 0.717) is 0 Å². The van der Waals surface area contributed by atoms with E-state index in [4.69, 9.17) is 32.9 Å². The van der Waals surface area contributed by atoms with Gasteiger partial charge in [0.15, 0.2) is 0 Å². The van der Waals surface area contributed by atoms with Crippen molar-refractivity contribution in [2.75, 3.05) is 0 Å². The van der Waals surface area contributed by atoms with Gasteiger partial charge in [0.1, 0.15) is 0 Å². The molecule has 0 atom stereocenters. The summed E-state index contributed by atoms with van der Waals surface area (Å²) in [6.07, 6.45) is 0. The van der Waals surface area contributed by atoms with Crippen molar-refractivity contribution in [1.29, 1.82) is 0 Å². The molecule has 32 heavy (non-hydrogen) atoms. The average Bonchev–Trinajstić information content (AvgIpc) is 2.84. The molecular formula is C16H48O8Si8. The van der Waals surface area contributed by atoms with Crippen LogP contribution in [0.3, 0.4) is 0 Å². The molecular weight excluding hydrogens is 545 g/mol. The summed E-state index contributed by atoms with van der Waals surface area (Å²) in [5.41, 5.74) is 0. The Hall–Kier alpha value is 1.42. The van der Waals surface area contributed by atoms with Crippen molar-refractivity contribution in [1.82, 2.24) is 0 Å². The van der Waals surface area contributed by atoms with Crippen LogP contribution < -0.4 is 0 Å². The van der Waals surface area contributed by atoms with Gasteiger partial charge >= 0.3 is 34.2 Å². The third-order valence-electron chi connectivity index (χ3n) is 6.57. The Kier molecular flexibility index (Phi) is 15.2. The first-order valence-corrected chi connectivity index (χ1v) is 26.0. The van der Waals surface area contributed by atoms with E-state index in [0.717, 1.165) is 48.4 Å². The molecule has 192 valence electrons. The van der Waals surface area contributed by atoms with E-state index in [9.17, 15) is 0 Å². The van der Waals surface area contributed by atoms with Gasteiger partial charge in [-0.2, -0.15) is 0 Å². The molecule has 0 saturated carbocycles. The molecule has 0 bridgehead atoms. The van der Waals surface area contributed by atoms with Gasteiger partial charge < -0.3 is 32.9 Å². The predicted molar refractivity (Wildman–Crippen MR) is 150 cm³/mol. The molecule has 0 spiro atoms. The fraction of sp³-hybridized carbons (Fsp3) is 1.00. The molecule has 1 saturated heterocycles. The SMILES string of the molecule is CC[Si]1(CC)O[SiH2]O[SiH2]O[SiH2]O[SiH2]O[Si](CC)(CC)O[Si](CC)(CC)O[Si](CC)(CC)O1. The number of hydrogen-bond acceptors (Lipinski definition) is 8. The van der Waals surface area contributed by atoms with E-state index < -0.39 is 74.3 Å². The van der Waals surface area contributed by atoms with Crippen LogP contribution in [-0.4, -0.2) is 74.3 Å². The second kappa shape index (κ2) is 15.5. The van der Waals surface area contributed by atoms with E-state index in [1.54, 1.807) is 0 Å². The van der Waals surface area contributed by atoms with Gasteiger partial charge in [-0.15, -0.1) is 0 Å². The minimum Gasteiger partial charge on any atom is -0.425 e. The Labute approximate surface area is 210 Å². The monoisotopic (exact) mass is 592 g/mol. The van der Waals surface area contributed by atoms with Crippen molar-refractivity contribution in [3.63, 3.8) is 0 Å². The van der Waals surface area contributed by atoms with Crippen LogP contribution in [0.15, 0.2) is 0 Å². The quantitative estimate of drug-likeness (QED) is 0.397. The average molecular weight is 593 g/mol. The summed E-state index contributed by atoms with van der Waals surface area (Å²) >= 11 is 0. The van der Waals surface area contributed by atoms with Gasteiger partial charge in [-0.1, -0.05) is 55.4 Å². The molecule has 8 nitrogen and oxygen atoms in total. The van der Waals surface area contributed by atoms with Crippen molar-refractivity contribution in [2.24, 2.45) is 0 Å². The third kappa shape index (κ3) is 8.82. The molecule has 0 N–H and O–H groups in total. The van der Waals surface area contributed by atoms with E-state index in [1.807, 2.05) is 0 Å². The topological polar surface area (TPSA) is 73.8 Å². The fourth-order valence-corrected chi connectivity index (χ4v) is 34.6.